The zero-order chi connectivity index (χ0) is 13.3. The molecule has 3 heteroatoms. The summed E-state index contributed by atoms with van der Waals surface area (Å²) in [5, 5.41) is 0. The lowest BCUT2D eigenvalue weighted by Gasteiger charge is -2.21. The summed E-state index contributed by atoms with van der Waals surface area (Å²) in [5.41, 5.74) is 5.61. The molecule has 3 heterocycles. The summed E-state index contributed by atoms with van der Waals surface area (Å²) in [7, 11) is 0. The van der Waals surface area contributed by atoms with Crippen molar-refractivity contribution in [2.45, 2.75) is 25.4 Å². The van der Waals surface area contributed by atoms with E-state index in [2.05, 4.69) is 48.2 Å². The van der Waals surface area contributed by atoms with Gasteiger partial charge in [0.1, 0.15) is 0 Å². The summed E-state index contributed by atoms with van der Waals surface area (Å²) < 4.78 is 11.0. The molecular formula is C17H15NO2. The van der Waals surface area contributed by atoms with E-state index in [4.69, 9.17) is 9.47 Å². The van der Waals surface area contributed by atoms with Gasteiger partial charge in [0.2, 0.25) is 6.79 Å². The van der Waals surface area contributed by atoms with Gasteiger partial charge in [-0.3, -0.25) is 0 Å². The second-order valence-electron chi connectivity index (χ2n) is 5.82. The van der Waals surface area contributed by atoms with E-state index in [1.807, 2.05) is 0 Å². The molecule has 0 spiro atoms. The molecule has 2 atom stereocenters. The van der Waals surface area contributed by atoms with Gasteiger partial charge in [0.05, 0.1) is 6.04 Å². The van der Waals surface area contributed by atoms with Gasteiger partial charge in [-0.15, -0.1) is 0 Å². The minimum absolute atomic E-state index is 0.350. The van der Waals surface area contributed by atoms with E-state index in [0.29, 0.717) is 18.8 Å². The van der Waals surface area contributed by atoms with Gasteiger partial charge in [-0.05, 0) is 34.9 Å². The third-order valence-electron chi connectivity index (χ3n) is 4.84. The van der Waals surface area contributed by atoms with Crippen LogP contribution in [0.3, 0.4) is 0 Å². The molecule has 0 radical (unpaired) electrons. The first-order valence-electron chi connectivity index (χ1n) is 7.11. The standard InChI is InChI=1S/C17H15NO2/c1-10-12-4-2-3-5-14(12)18-8-11-6-15-16(20-9-19-15)7-13(11)17(10)18/h2-7,10,17H,8-9H2,1H3/t10?,17-/m1/s1. The van der Waals surface area contributed by atoms with Crippen LogP contribution in [0.2, 0.25) is 0 Å². The van der Waals surface area contributed by atoms with Crippen LogP contribution in [0.25, 0.3) is 0 Å². The fourth-order valence-corrected chi connectivity index (χ4v) is 3.94. The van der Waals surface area contributed by atoms with Gasteiger partial charge in [-0.1, -0.05) is 25.1 Å². The summed E-state index contributed by atoms with van der Waals surface area (Å²) >= 11 is 0. The van der Waals surface area contributed by atoms with E-state index < -0.39 is 0 Å². The van der Waals surface area contributed by atoms with Crippen LogP contribution in [0.15, 0.2) is 36.4 Å². The highest BCUT2D eigenvalue weighted by atomic mass is 16.7. The molecule has 5 rings (SSSR count). The maximum absolute atomic E-state index is 5.54. The van der Waals surface area contributed by atoms with Gasteiger partial charge in [-0.2, -0.15) is 0 Å². The third-order valence-corrected chi connectivity index (χ3v) is 4.84. The summed E-state index contributed by atoms with van der Waals surface area (Å²) in [6.07, 6.45) is 0. The lowest BCUT2D eigenvalue weighted by atomic mass is 9.91. The molecule has 0 saturated carbocycles. The maximum Gasteiger partial charge on any atom is 0.231 e. The fourth-order valence-electron chi connectivity index (χ4n) is 3.94. The number of hydrogen-bond acceptors (Lipinski definition) is 3. The lowest BCUT2D eigenvalue weighted by Crippen LogP contribution is -2.17. The number of hydrogen-bond donors (Lipinski definition) is 0. The highest BCUT2D eigenvalue weighted by Crippen LogP contribution is 2.55. The van der Waals surface area contributed by atoms with Crippen molar-refractivity contribution in [3.63, 3.8) is 0 Å². The van der Waals surface area contributed by atoms with Crippen LogP contribution in [0.5, 0.6) is 11.5 Å². The number of ether oxygens (including phenoxy) is 2. The minimum Gasteiger partial charge on any atom is -0.454 e. The molecular weight excluding hydrogens is 250 g/mol. The van der Waals surface area contributed by atoms with Crippen LogP contribution in [-0.2, 0) is 6.54 Å². The Balaban J connectivity index is 1.68. The quantitative estimate of drug-likeness (QED) is 0.726. The Hall–Kier alpha value is -2.16. The van der Waals surface area contributed by atoms with Gasteiger partial charge < -0.3 is 14.4 Å². The molecule has 20 heavy (non-hydrogen) atoms. The molecule has 0 saturated heterocycles. The number of nitrogens with zero attached hydrogens (tertiary/aromatic N) is 1. The third kappa shape index (κ3) is 1.16. The van der Waals surface area contributed by atoms with E-state index in [1.54, 1.807) is 0 Å². The molecule has 2 aromatic carbocycles. The molecule has 0 aliphatic carbocycles. The SMILES string of the molecule is CC1c2ccccc2N2Cc3cc4c(cc3[C@@H]12)OCO4. The molecule has 0 fully saturated rings. The van der Waals surface area contributed by atoms with Crippen LogP contribution in [0.1, 0.15) is 35.6 Å². The maximum atomic E-state index is 5.54. The van der Waals surface area contributed by atoms with Crippen molar-refractivity contribution in [2.24, 2.45) is 0 Å². The Bertz CT molecular complexity index is 725. The van der Waals surface area contributed by atoms with Crippen LogP contribution in [0.4, 0.5) is 5.69 Å². The summed E-state index contributed by atoms with van der Waals surface area (Å²) in [4.78, 5) is 2.51. The first-order valence-corrected chi connectivity index (χ1v) is 7.11. The van der Waals surface area contributed by atoms with E-state index in [1.165, 1.54) is 22.4 Å². The van der Waals surface area contributed by atoms with Gasteiger partial charge in [0.25, 0.3) is 0 Å². The first kappa shape index (κ1) is 10.6. The Kier molecular flexibility index (Phi) is 1.85. The molecule has 2 aromatic rings. The monoisotopic (exact) mass is 265 g/mol. The molecule has 0 amide bonds. The van der Waals surface area contributed by atoms with Crippen molar-refractivity contribution < 1.29 is 9.47 Å². The zero-order valence-corrected chi connectivity index (χ0v) is 11.3. The van der Waals surface area contributed by atoms with Crippen molar-refractivity contribution in [3.05, 3.63) is 53.1 Å². The van der Waals surface area contributed by atoms with Gasteiger partial charge in [0.15, 0.2) is 11.5 Å². The average Bonchev–Trinajstić information content (AvgIpc) is 3.12. The lowest BCUT2D eigenvalue weighted by molar-refractivity contribution is 0.174. The fraction of sp³-hybridized carbons (Fsp3) is 0.294. The van der Waals surface area contributed by atoms with E-state index in [9.17, 15) is 0 Å². The predicted molar refractivity (Wildman–Crippen MR) is 76.3 cm³/mol. The van der Waals surface area contributed by atoms with Gasteiger partial charge >= 0.3 is 0 Å². The summed E-state index contributed by atoms with van der Waals surface area (Å²) in [6.45, 7) is 3.64. The molecule has 3 aliphatic rings. The number of benzene rings is 2. The van der Waals surface area contributed by atoms with Crippen LogP contribution >= 0.6 is 0 Å². The number of para-hydroxylation sites is 1. The normalized spacial score (nSPS) is 24.6. The second kappa shape index (κ2) is 3.48. The molecule has 0 aromatic heterocycles. The first-order chi connectivity index (χ1) is 9.83. The van der Waals surface area contributed by atoms with E-state index in [0.717, 1.165) is 18.0 Å². The summed E-state index contributed by atoms with van der Waals surface area (Å²) in [5.74, 6) is 2.31. The largest absolute Gasteiger partial charge is 0.454 e. The molecule has 3 aliphatic heterocycles. The van der Waals surface area contributed by atoms with Gasteiger partial charge in [-0.25, -0.2) is 0 Å². The number of rotatable bonds is 0. The van der Waals surface area contributed by atoms with Crippen molar-refractivity contribution in [1.29, 1.82) is 0 Å². The van der Waals surface area contributed by atoms with Gasteiger partial charge in [0, 0.05) is 18.2 Å². The predicted octanol–water partition coefficient (Wildman–Crippen LogP) is 3.59. The van der Waals surface area contributed by atoms with Crippen LogP contribution in [-0.4, -0.2) is 6.79 Å². The summed E-state index contributed by atoms with van der Waals surface area (Å²) in [6, 6.07) is 13.5. The highest BCUT2D eigenvalue weighted by Gasteiger charge is 2.42. The van der Waals surface area contributed by atoms with Crippen molar-refractivity contribution in [3.8, 4) is 11.5 Å². The van der Waals surface area contributed by atoms with E-state index in [-0.39, 0.29) is 0 Å². The Morgan fingerprint density at radius 1 is 1.05 bits per heavy atom. The zero-order valence-electron chi connectivity index (χ0n) is 11.3. The minimum atomic E-state index is 0.350. The van der Waals surface area contributed by atoms with Crippen molar-refractivity contribution >= 4 is 5.69 Å². The molecule has 0 N–H and O–H groups in total. The molecule has 100 valence electrons. The molecule has 3 nitrogen and oxygen atoms in total. The number of fused-ring (bicyclic) bond motifs is 6. The topological polar surface area (TPSA) is 21.7 Å². The number of anilines is 1. The van der Waals surface area contributed by atoms with Crippen LogP contribution < -0.4 is 14.4 Å². The average molecular weight is 265 g/mol. The molecule has 1 unspecified atom stereocenters. The highest BCUT2D eigenvalue weighted by molar-refractivity contribution is 5.68. The van der Waals surface area contributed by atoms with Crippen molar-refractivity contribution in [1.82, 2.24) is 0 Å². The smallest absolute Gasteiger partial charge is 0.231 e. The molecule has 0 bridgehead atoms. The second-order valence-corrected chi connectivity index (χ2v) is 5.82. The Morgan fingerprint density at radius 2 is 1.85 bits per heavy atom. The van der Waals surface area contributed by atoms with Crippen LogP contribution in [0, 0.1) is 0 Å². The van der Waals surface area contributed by atoms with Crippen molar-refractivity contribution in [2.75, 3.05) is 11.7 Å². The van der Waals surface area contributed by atoms with E-state index >= 15 is 0 Å². The Labute approximate surface area is 117 Å². The Morgan fingerprint density at radius 3 is 2.75 bits per heavy atom.